The molecule has 2 aromatic carbocycles. The molecule has 114 valence electrons. The van der Waals surface area contributed by atoms with Gasteiger partial charge in [0, 0.05) is 16.3 Å². The van der Waals surface area contributed by atoms with Crippen LogP contribution in [0.25, 0.3) is 0 Å². The van der Waals surface area contributed by atoms with Crippen LogP contribution in [0.2, 0.25) is 5.02 Å². The molecule has 0 bridgehead atoms. The van der Waals surface area contributed by atoms with E-state index in [4.69, 9.17) is 22.1 Å². The molecule has 5 nitrogen and oxygen atoms in total. The van der Waals surface area contributed by atoms with E-state index in [0.29, 0.717) is 22.0 Å². The number of nitrogens with one attached hydrogen (secondary N) is 1. The highest BCUT2D eigenvalue weighted by atomic mass is 35.5. The Morgan fingerprint density at radius 2 is 1.95 bits per heavy atom. The van der Waals surface area contributed by atoms with E-state index < -0.39 is 5.91 Å². The average molecular weight is 319 g/mol. The SMILES string of the molecule is Cc1c(Cl)cccc1NC(=O)c1cccc(OCC(N)=O)c1. The Balaban J connectivity index is 2.14. The number of hydrogen-bond acceptors (Lipinski definition) is 3. The maximum Gasteiger partial charge on any atom is 0.255 e. The lowest BCUT2D eigenvalue weighted by Gasteiger charge is -2.10. The van der Waals surface area contributed by atoms with Gasteiger partial charge in [0.2, 0.25) is 0 Å². The molecule has 0 fully saturated rings. The van der Waals surface area contributed by atoms with Crippen LogP contribution < -0.4 is 15.8 Å². The standard InChI is InChI=1S/C16H15ClN2O3/c1-10-13(17)6-3-7-14(10)19-16(21)11-4-2-5-12(8-11)22-9-15(18)20/h2-8H,9H2,1H3,(H2,18,20)(H,19,21). The van der Waals surface area contributed by atoms with Gasteiger partial charge < -0.3 is 15.8 Å². The summed E-state index contributed by atoms with van der Waals surface area (Å²) >= 11 is 6.02. The molecule has 0 spiro atoms. The summed E-state index contributed by atoms with van der Waals surface area (Å²) in [6.45, 7) is 1.59. The first-order chi connectivity index (χ1) is 10.5. The Bertz CT molecular complexity index is 716. The van der Waals surface area contributed by atoms with Crippen molar-refractivity contribution in [2.45, 2.75) is 6.92 Å². The topological polar surface area (TPSA) is 81.4 Å². The van der Waals surface area contributed by atoms with E-state index in [-0.39, 0.29) is 12.5 Å². The third-order valence-electron chi connectivity index (χ3n) is 2.99. The highest BCUT2D eigenvalue weighted by Crippen LogP contribution is 2.24. The molecule has 0 aromatic heterocycles. The van der Waals surface area contributed by atoms with Crippen molar-refractivity contribution in [3.63, 3.8) is 0 Å². The van der Waals surface area contributed by atoms with Crippen LogP contribution in [0, 0.1) is 6.92 Å². The van der Waals surface area contributed by atoms with Gasteiger partial charge in [0.15, 0.2) is 6.61 Å². The molecule has 0 atom stereocenters. The van der Waals surface area contributed by atoms with Crippen LogP contribution >= 0.6 is 11.6 Å². The molecule has 6 heteroatoms. The number of ether oxygens (including phenoxy) is 1. The maximum atomic E-state index is 12.3. The van der Waals surface area contributed by atoms with Crippen molar-refractivity contribution in [1.29, 1.82) is 0 Å². The normalized spacial score (nSPS) is 10.1. The van der Waals surface area contributed by atoms with E-state index in [9.17, 15) is 9.59 Å². The number of nitrogens with two attached hydrogens (primary N) is 1. The van der Waals surface area contributed by atoms with Crippen LogP contribution in [0.4, 0.5) is 5.69 Å². The van der Waals surface area contributed by atoms with Gasteiger partial charge in [0.1, 0.15) is 5.75 Å². The van der Waals surface area contributed by atoms with Crippen molar-refractivity contribution in [2.75, 3.05) is 11.9 Å². The van der Waals surface area contributed by atoms with Gasteiger partial charge >= 0.3 is 0 Å². The van der Waals surface area contributed by atoms with Crippen LogP contribution in [-0.4, -0.2) is 18.4 Å². The molecule has 0 heterocycles. The van der Waals surface area contributed by atoms with Gasteiger partial charge in [-0.2, -0.15) is 0 Å². The lowest BCUT2D eigenvalue weighted by molar-refractivity contribution is -0.119. The summed E-state index contributed by atoms with van der Waals surface area (Å²) in [7, 11) is 0. The monoisotopic (exact) mass is 318 g/mol. The highest BCUT2D eigenvalue weighted by molar-refractivity contribution is 6.31. The predicted molar refractivity (Wildman–Crippen MR) is 85.3 cm³/mol. The van der Waals surface area contributed by atoms with Gasteiger partial charge in [-0.25, -0.2) is 0 Å². The Kier molecular flexibility index (Phi) is 5.01. The molecule has 0 aliphatic rings. The number of halogens is 1. The molecule has 3 N–H and O–H groups in total. The first kappa shape index (κ1) is 15.9. The molecule has 0 unspecified atom stereocenters. The number of primary amides is 1. The lowest BCUT2D eigenvalue weighted by atomic mass is 10.1. The highest BCUT2D eigenvalue weighted by Gasteiger charge is 2.10. The zero-order chi connectivity index (χ0) is 16.1. The molecule has 0 saturated carbocycles. The Labute approximate surface area is 133 Å². The molecule has 0 radical (unpaired) electrons. The second-order valence-corrected chi connectivity index (χ2v) is 5.06. The summed E-state index contributed by atoms with van der Waals surface area (Å²) in [5.41, 5.74) is 6.85. The Hall–Kier alpha value is -2.53. The number of amides is 2. The average Bonchev–Trinajstić information content (AvgIpc) is 2.50. The fraction of sp³-hybridized carbons (Fsp3) is 0.125. The van der Waals surface area contributed by atoms with E-state index in [1.165, 1.54) is 6.07 Å². The largest absolute Gasteiger partial charge is 0.484 e. The summed E-state index contributed by atoms with van der Waals surface area (Å²) in [4.78, 5) is 23.0. The van der Waals surface area contributed by atoms with E-state index in [1.54, 1.807) is 36.4 Å². The van der Waals surface area contributed by atoms with Crippen molar-refractivity contribution >= 4 is 29.1 Å². The first-order valence-electron chi connectivity index (χ1n) is 6.55. The van der Waals surface area contributed by atoms with Crippen molar-refractivity contribution in [1.82, 2.24) is 0 Å². The van der Waals surface area contributed by atoms with Crippen molar-refractivity contribution in [3.8, 4) is 5.75 Å². The summed E-state index contributed by atoms with van der Waals surface area (Å²) in [5, 5.41) is 3.37. The number of benzene rings is 2. The lowest BCUT2D eigenvalue weighted by Crippen LogP contribution is -2.20. The molecule has 2 aromatic rings. The zero-order valence-corrected chi connectivity index (χ0v) is 12.7. The fourth-order valence-electron chi connectivity index (χ4n) is 1.82. The molecule has 2 amide bonds. The molecule has 0 aliphatic heterocycles. The smallest absolute Gasteiger partial charge is 0.255 e. The zero-order valence-electron chi connectivity index (χ0n) is 11.9. The van der Waals surface area contributed by atoms with Crippen LogP contribution in [0.5, 0.6) is 5.75 Å². The predicted octanol–water partition coefficient (Wildman–Crippen LogP) is 2.76. The number of rotatable bonds is 5. The minimum Gasteiger partial charge on any atom is -0.484 e. The van der Waals surface area contributed by atoms with Gasteiger partial charge in [0.05, 0.1) is 0 Å². The Morgan fingerprint density at radius 3 is 2.68 bits per heavy atom. The molecule has 0 aliphatic carbocycles. The molecular weight excluding hydrogens is 304 g/mol. The Morgan fingerprint density at radius 1 is 1.23 bits per heavy atom. The minimum absolute atomic E-state index is 0.238. The first-order valence-corrected chi connectivity index (χ1v) is 6.93. The van der Waals surface area contributed by atoms with E-state index in [0.717, 1.165) is 5.56 Å². The van der Waals surface area contributed by atoms with Crippen LogP contribution in [0.15, 0.2) is 42.5 Å². The summed E-state index contributed by atoms with van der Waals surface area (Å²) < 4.78 is 5.18. The van der Waals surface area contributed by atoms with Gasteiger partial charge in [-0.3, -0.25) is 9.59 Å². The minimum atomic E-state index is -0.579. The van der Waals surface area contributed by atoms with E-state index >= 15 is 0 Å². The van der Waals surface area contributed by atoms with Crippen LogP contribution in [-0.2, 0) is 4.79 Å². The summed E-state index contributed by atoms with van der Waals surface area (Å²) in [6.07, 6.45) is 0. The van der Waals surface area contributed by atoms with Crippen LogP contribution in [0.3, 0.4) is 0 Å². The summed E-state index contributed by atoms with van der Waals surface area (Å²) in [5.74, 6) is -0.478. The van der Waals surface area contributed by atoms with Crippen LogP contribution in [0.1, 0.15) is 15.9 Å². The van der Waals surface area contributed by atoms with Gasteiger partial charge in [-0.15, -0.1) is 0 Å². The molecular formula is C16H15ClN2O3. The fourth-order valence-corrected chi connectivity index (χ4v) is 1.99. The van der Waals surface area contributed by atoms with Gasteiger partial charge in [-0.05, 0) is 42.8 Å². The second kappa shape index (κ2) is 6.95. The number of hydrogen-bond donors (Lipinski definition) is 2. The van der Waals surface area contributed by atoms with Gasteiger partial charge in [-0.1, -0.05) is 23.7 Å². The second-order valence-electron chi connectivity index (χ2n) is 4.65. The van der Waals surface area contributed by atoms with Crippen molar-refractivity contribution < 1.29 is 14.3 Å². The van der Waals surface area contributed by atoms with Gasteiger partial charge in [0.25, 0.3) is 11.8 Å². The number of anilines is 1. The molecule has 2 rings (SSSR count). The third kappa shape index (κ3) is 3.99. The number of carbonyl (C=O) groups is 2. The number of carbonyl (C=O) groups excluding carboxylic acids is 2. The van der Waals surface area contributed by atoms with Crippen molar-refractivity contribution in [3.05, 3.63) is 58.6 Å². The van der Waals surface area contributed by atoms with Crippen molar-refractivity contribution in [2.24, 2.45) is 5.73 Å². The van der Waals surface area contributed by atoms with E-state index in [2.05, 4.69) is 5.32 Å². The molecule has 22 heavy (non-hydrogen) atoms. The third-order valence-corrected chi connectivity index (χ3v) is 3.40. The quantitative estimate of drug-likeness (QED) is 0.889. The van der Waals surface area contributed by atoms with E-state index in [1.807, 2.05) is 6.92 Å². The summed E-state index contributed by atoms with van der Waals surface area (Å²) in [6, 6.07) is 11.8. The maximum absolute atomic E-state index is 12.3. The molecule has 0 saturated heterocycles.